The van der Waals surface area contributed by atoms with Crippen LogP contribution in [0.3, 0.4) is 0 Å². The highest BCUT2D eigenvalue weighted by molar-refractivity contribution is 5.93. The molecular formula is C20H18N4O5. The lowest BCUT2D eigenvalue weighted by Crippen LogP contribution is -2.23. The monoisotopic (exact) mass is 394 g/mol. The van der Waals surface area contributed by atoms with Gasteiger partial charge in [-0.05, 0) is 48.5 Å². The number of anilines is 2. The molecular weight excluding hydrogens is 376 g/mol. The van der Waals surface area contributed by atoms with Crippen LogP contribution in [0.5, 0.6) is 5.75 Å². The highest BCUT2D eigenvalue weighted by Crippen LogP contribution is 2.22. The van der Waals surface area contributed by atoms with E-state index in [1.165, 1.54) is 4.90 Å². The van der Waals surface area contributed by atoms with Gasteiger partial charge in [0.05, 0.1) is 13.7 Å². The lowest BCUT2D eigenvalue weighted by atomic mass is 10.2. The maximum absolute atomic E-state index is 12.3. The van der Waals surface area contributed by atoms with Gasteiger partial charge in [-0.25, -0.2) is 4.79 Å². The average molecular weight is 394 g/mol. The van der Waals surface area contributed by atoms with Crippen molar-refractivity contribution in [1.29, 1.82) is 0 Å². The Hall–Kier alpha value is -3.88. The largest absolute Gasteiger partial charge is 0.497 e. The van der Waals surface area contributed by atoms with E-state index in [9.17, 15) is 9.59 Å². The Morgan fingerprint density at radius 2 is 1.93 bits per heavy atom. The van der Waals surface area contributed by atoms with Crippen molar-refractivity contribution in [2.45, 2.75) is 6.42 Å². The molecule has 4 rings (SSSR count). The number of carbonyl (C=O) groups is 2. The fourth-order valence-electron chi connectivity index (χ4n) is 2.88. The molecule has 0 aliphatic carbocycles. The van der Waals surface area contributed by atoms with Gasteiger partial charge in [-0.15, -0.1) is 0 Å². The minimum absolute atomic E-state index is 0.0522. The minimum Gasteiger partial charge on any atom is -0.497 e. The van der Waals surface area contributed by atoms with Crippen LogP contribution in [0, 0.1) is 0 Å². The first kappa shape index (κ1) is 18.5. The standard InChI is InChI=1S/C20H18N4O5/c1-27-16-8-2-13(3-9-16)19-22-18(29-23-19)12-17(25)21-14-4-6-15(7-5-14)24-10-11-28-20(24)26/h2-9H,10-12H2,1H3,(H,21,25). The molecule has 9 heteroatoms. The van der Waals surface area contributed by atoms with Crippen molar-refractivity contribution in [1.82, 2.24) is 10.1 Å². The first-order valence-electron chi connectivity index (χ1n) is 8.93. The number of cyclic esters (lactones) is 1. The molecule has 1 aliphatic heterocycles. The zero-order valence-electron chi connectivity index (χ0n) is 15.6. The molecule has 3 aromatic rings. The Kier molecular flexibility index (Phi) is 5.10. The molecule has 148 valence electrons. The number of nitrogens with one attached hydrogen (secondary N) is 1. The summed E-state index contributed by atoms with van der Waals surface area (Å²) in [5, 5.41) is 6.67. The van der Waals surface area contributed by atoms with Crippen molar-refractivity contribution in [2.24, 2.45) is 0 Å². The van der Waals surface area contributed by atoms with Crippen LogP contribution in [-0.4, -0.2) is 42.4 Å². The van der Waals surface area contributed by atoms with Crippen molar-refractivity contribution in [3.05, 3.63) is 54.4 Å². The lowest BCUT2D eigenvalue weighted by molar-refractivity contribution is -0.115. The maximum atomic E-state index is 12.3. The summed E-state index contributed by atoms with van der Waals surface area (Å²) in [6.07, 6.45) is -0.422. The predicted octanol–water partition coefficient (Wildman–Crippen LogP) is 2.88. The Bertz CT molecular complexity index is 1010. The van der Waals surface area contributed by atoms with E-state index >= 15 is 0 Å². The SMILES string of the molecule is COc1ccc(-c2noc(CC(=O)Nc3ccc(N4CCOC4=O)cc3)n2)cc1. The summed E-state index contributed by atoms with van der Waals surface area (Å²) < 4.78 is 15.2. The van der Waals surface area contributed by atoms with Crippen LogP contribution in [-0.2, 0) is 16.0 Å². The zero-order chi connectivity index (χ0) is 20.2. The quantitative estimate of drug-likeness (QED) is 0.685. The van der Waals surface area contributed by atoms with Gasteiger partial charge < -0.3 is 19.3 Å². The Morgan fingerprint density at radius 1 is 1.17 bits per heavy atom. The van der Waals surface area contributed by atoms with E-state index in [4.69, 9.17) is 14.0 Å². The average Bonchev–Trinajstić information content (AvgIpc) is 3.38. The third-order valence-electron chi connectivity index (χ3n) is 4.35. The Balaban J connectivity index is 1.36. The van der Waals surface area contributed by atoms with Crippen molar-refractivity contribution in [2.75, 3.05) is 30.5 Å². The van der Waals surface area contributed by atoms with Crippen LogP contribution in [0.25, 0.3) is 11.4 Å². The molecule has 0 bridgehead atoms. The first-order chi connectivity index (χ1) is 14.1. The summed E-state index contributed by atoms with van der Waals surface area (Å²) in [6, 6.07) is 14.1. The van der Waals surface area contributed by atoms with Gasteiger partial charge in [0.2, 0.25) is 17.6 Å². The van der Waals surface area contributed by atoms with E-state index < -0.39 is 0 Å². The van der Waals surface area contributed by atoms with E-state index in [-0.39, 0.29) is 24.3 Å². The number of hydrogen-bond donors (Lipinski definition) is 1. The second kappa shape index (κ2) is 8.01. The van der Waals surface area contributed by atoms with Crippen LogP contribution in [0.1, 0.15) is 5.89 Å². The summed E-state index contributed by atoms with van der Waals surface area (Å²) in [6.45, 7) is 0.887. The van der Waals surface area contributed by atoms with Gasteiger partial charge in [0.1, 0.15) is 18.8 Å². The lowest BCUT2D eigenvalue weighted by Gasteiger charge is -2.13. The second-order valence-corrected chi connectivity index (χ2v) is 6.28. The number of benzene rings is 2. The zero-order valence-corrected chi connectivity index (χ0v) is 15.6. The Labute approximate surface area is 166 Å². The van der Waals surface area contributed by atoms with E-state index in [0.29, 0.717) is 30.4 Å². The van der Waals surface area contributed by atoms with E-state index in [1.54, 1.807) is 43.5 Å². The van der Waals surface area contributed by atoms with Gasteiger partial charge in [0.25, 0.3) is 0 Å². The van der Waals surface area contributed by atoms with Crippen molar-refractivity contribution in [3.63, 3.8) is 0 Å². The minimum atomic E-state index is -0.370. The van der Waals surface area contributed by atoms with Crippen LogP contribution in [0.4, 0.5) is 16.2 Å². The summed E-state index contributed by atoms with van der Waals surface area (Å²) in [4.78, 5) is 29.6. The van der Waals surface area contributed by atoms with Gasteiger partial charge >= 0.3 is 6.09 Å². The molecule has 1 saturated heterocycles. The van der Waals surface area contributed by atoms with Crippen molar-refractivity contribution in [3.8, 4) is 17.1 Å². The normalized spacial score (nSPS) is 13.3. The van der Waals surface area contributed by atoms with Gasteiger partial charge in [0.15, 0.2) is 0 Å². The predicted molar refractivity (Wildman–Crippen MR) is 104 cm³/mol. The third kappa shape index (κ3) is 4.18. The molecule has 1 N–H and O–H groups in total. The smallest absolute Gasteiger partial charge is 0.414 e. The number of nitrogens with zero attached hydrogens (tertiary/aromatic N) is 3. The third-order valence-corrected chi connectivity index (χ3v) is 4.35. The summed E-state index contributed by atoms with van der Waals surface area (Å²) in [5.41, 5.74) is 2.07. The molecule has 0 spiro atoms. The number of aromatic nitrogens is 2. The fraction of sp³-hybridized carbons (Fsp3) is 0.200. The van der Waals surface area contributed by atoms with Gasteiger partial charge in [-0.1, -0.05) is 5.16 Å². The maximum Gasteiger partial charge on any atom is 0.414 e. The number of amides is 2. The number of carbonyl (C=O) groups excluding carboxylic acids is 2. The highest BCUT2D eigenvalue weighted by atomic mass is 16.6. The molecule has 0 radical (unpaired) electrons. The number of ether oxygens (including phenoxy) is 2. The van der Waals surface area contributed by atoms with E-state index in [1.807, 2.05) is 12.1 Å². The molecule has 0 saturated carbocycles. The summed E-state index contributed by atoms with van der Waals surface area (Å²) in [7, 11) is 1.59. The Morgan fingerprint density at radius 3 is 2.59 bits per heavy atom. The highest BCUT2D eigenvalue weighted by Gasteiger charge is 2.23. The molecule has 29 heavy (non-hydrogen) atoms. The van der Waals surface area contributed by atoms with E-state index in [0.717, 1.165) is 11.3 Å². The van der Waals surface area contributed by atoms with Crippen LogP contribution in [0.15, 0.2) is 53.1 Å². The van der Waals surface area contributed by atoms with E-state index in [2.05, 4.69) is 15.5 Å². The first-order valence-corrected chi connectivity index (χ1v) is 8.93. The summed E-state index contributed by atoms with van der Waals surface area (Å²) >= 11 is 0. The second-order valence-electron chi connectivity index (χ2n) is 6.28. The van der Waals surface area contributed by atoms with Gasteiger partial charge in [-0.2, -0.15) is 4.98 Å². The van der Waals surface area contributed by atoms with Crippen molar-refractivity contribution >= 4 is 23.4 Å². The molecule has 0 atom stereocenters. The van der Waals surface area contributed by atoms with Gasteiger partial charge in [0, 0.05) is 16.9 Å². The number of rotatable bonds is 6. The fourth-order valence-corrected chi connectivity index (χ4v) is 2.88. The number of methoxy groups -OCH3 is 1. The molecule has 1 fully saturated rings. The van der Waals surface area contributed by atoms with Crippen molar-refractivity contribution < 1.29 is 23.6 Å². The number of hydrogen-bond acceptors (Lipinski definition) is 7. The van der Waals surface area contributed by atoms with Gasteiger partial charge in [-0.3, -0.25) is 9.69 Å². The topological polar surface area (TPSA) is 107 Å². The molecule has 9 nitrogen and oxygen atoms in total. The molecule has 2 amide bonds. The van der Waals surface area contributed by atoms with Crippen LogP contribution in [0.2, 0.25) is 0 Å². The summed E-state index contributed by atoms with van der Waals surface area (Å²) in [5.74, 6) is 1.05. The molecule has 1 aliphatic rings. The molecule has 2 aromatic carbocycles. The molecule has 0 unspecified atom stereocenters. The molecule has 2 heterocycles. The van der Waals surface area contributed by atoms with Crippen LogP contribution < -0.4 is 15.0 Å². The van der Waals surface area contributed by atoms with Crippen LogP contribution >= 0.6 is 0 Å². The molecule has 1 aromatic heterocycles.